The van der Waals surface area contributed by atoms with Crippen LogP contribution in [0.25, 0.3) is 6.08 Å². The maximum absolute atomic E-state index is 12.3. The van der Waals surface area contributed by atoms with Gasteiger partial charge in [-0.05, 0) is 48.0 Å². The second kappa shape index (κ2) is 12.7. The number of hydrogen-bond acceptors (Lipinski definition) is 7. The molecular weight excluding hydrogens is 412 g/mol. The quantitative estimate of drug-likeness (QED) is 0.179. The average Bonchev–Trinajstić information content (AvgIpc) is 2.82. The van der Waals surface area contributed by atoms with Gasteiger partial charge >= 0.3 is 11.9 Å². The highest BCUT2D eigenvalue weighted by Crippen LogP contribution is 2.16. The number of carbonyl (C=O) groups excluding carboxylic acids is 3. The summed E-state index contributed by atoms with van der Waals surface area (Å²) in [6, 6.07) is 13.4. The van der Waals surface area contributed by atoms with Crippen molar-refractivity contribution in [2.75, 3.05) is 19.8 Å². The zero-order valence-corrected chi connectivity index (χ0v) is 17.5. The van der Waals surface area contributed by atoms with Crippen LogP contribution in [0.3, 0.4) is 0 Å². The standard InChI is InChI=1S/C25H24O7/c1-3-24(28)32-22-10-5-19(6-11-22)7-14-23(27)20-8-12-21(13-9-20)30-15-4-16-31-25(29)18(2)17-26/h3,5-14,26H,1-2,4,15-17H2/b14-7+. The number of esters is 2. The maximum Gasteiger partial charge on any atom is 0.335 e. The second-order valence-corrected chi connectivity index (χ2v) is 6.52. The number of aliphatic hydroxyl groups excluding tert-OH is 1. The lowest BCUT2D eigenvalue weighted by atomic mass is 10.1. The predicted molar refractivity (Wildman–Crippen MR) is 119 cm³/mol. The first kappa shape index (κ1) is 24.3. The Morgan fingerprint density at radius 2 is 1.59 bits per heavy atom. The van der Waals surface area contributed by atoms with Crippen LogP contribution in [0.4, 0.5) is 0 Å². The molecule has 0 bridgehead atoms. The van der Waals surface area contributed by atoms with Gasteiger partial charge in [0.1, 0.15) is 11.5 Å². The van der Waals surface area contributed by atoms with Gasteiger partial charge in [0.25, 0.3) is 0 Å². The lowest BCUT2D eigenvalue weighted by Crippen LogP contribution is -2.12. The summed E-state index contributed by atoms with van der Waals surface area (Å²) in [5.41, 5.74) is 1.29. The van der Waals surface area contributed by atoms with Crippen molar-refractivity contribution in [1.82, 2.24) is 0 Å². The molecule has 0 aliphatic rings. The van der Waals surface area contributed by atoms with Crippen LogP contribution in [0.5, 0.6) is 11.5 Å². The summed E-state index contributed by atoms with van der Waals surface area (Å²) < 4.78 is 15.5. The van der Waals surface area contributed by atoms with Gasteiger partial charge in [0.2, 0.25) is 0 Å². The minimum atomic E-state index is -0.629. The SMILES string of the molecule is C=CC(=O)Oc1ccc(/C=C/C(=O)c2ccc(OCCCOC(=O)C(=C)CO)cc2)cc1. The predicted octanol–water partition coefficient (Wildman–Crippen LogP) is 3.53. The van der Waals surface area contributed by atoms with Crippen molar-refractivity contribution in [1.29, 1.82) is 0 Å². The molecular formula is C25H24O7. The van der Waals surface area contributed by atoms with E-state index in [1.807, 2.05) is 0 Å². The van der Waals surface area contributed by atoms with Gasteiger partial charge in [-0.1, -0.05) is 31.4 Å². The largest absolute Gasteiger partial charge is 0.493 e. The number of allylic oxidation sites excluding steroid dienone is 1. The molecule has 2 aromatic rings. The molecule has 0 saturated heterocycles. The van der Waals surface area contributed by atoms with Gasteiger partial charge in [0.05, 0.1) is 25.4 Å². The van der Waals surface area contributed by atoms with Crippen molar-refractivity contribution in [2.45, 2.75) is 6.42 Å². The van der Waals surface area contributed by atoms with Crippen LogP contribution in [0.15, 0.2) is 79.4 Å². The third kappa shape index (κ3) is 8.04. The Balaban J connectivity index is 1.79. The van der Waals surface area contributed by atoms with Gasteiger partial charge < -0.3 is 19.3 Å². The number of carbonyl (C=O) groups is 3. The van der Waals surface area contributed by atoms with Crippen LogP contribution in [0.1, 0.15) is 22.3 Å². The van der Waals surface area contributed by atoms with Crippen LogP contribution in [0, 0.1) is 0 Å². The van der Waals surface area contributed by atoms with Crippen molar-refractivity contribution in [3.63, 3.8) is 0 Å². The van der Waals surface area contributed by atoms with Gasteiger partial charge in [-0.25, -0.2) is 9.59 Å². The molecule has 0 aliphatic carbocycles. The van der Waals surface area contributed by atoms with Gasteiger partial charge in [-0.3, -0.25) is 4.79 Å². The van der Waals surface area contributed by atoms with Crippen molar-refractivity contribution < 1.29 is 33.7 Å². The van der Waals surface area contributed by atoms with Gasteiger partial charge in [-0.2, -0.15) is 0 Å². The van der Waals surface area contributed by atoms with E-state index >= 15 is 0 Å². The minimum absolute atomic E-state index is 0.00580. The van der Waals surface area contributed by atoms with E-state index in [1.54, 1.807) is 54.6 Å². The van der Waals surface area contributed by atoms with E-state index in [9.17, 15) is 14.4 Å². The van der Waals surface area contributed by atoms with Crippen molar-refractivity contribution in [2.24, 2.45) is 0 Å². The first-order valence-corrected chi connectivity index (χ1v) is 9.78. The van der Waals surface area contributed by atoms with Crippen LogP contribution < -0.4 is 9.47 Å². The smallest absolute Gasteiger partial charge is 0.335 e. The Kier molecular flexibility index (Phi) is 9.62. The molecule has 0 fully saturated rings. The molecule has 0 atom stereocenters. The zero-order chi connectivity index (χ0) is 23.3. The van der Waals surface area contributed by atoms with E-state index in [1.165, 1.54) is 6.08 Å². The molecule has 0 amide bonds. The lowest BCUT2D eigenvalue weighted by molar-refractivity contribution is -0.139. The lowest BCUT2D eigenvalue weighted by Gasteiger charge is -2.08. The van der Waals surface area contributed by atoms with E-state index in [4.69, 9.17) is 19.3 Å². The molecule has 2 rings (SSSR count). The van der Waals surface area contributed by atoms with Crippen LogP contribution in [-0.4, -0.2) is 42.6 Å². The molecule has 166 valence electrons. The van der Waals surface area contributed by atoms with Crippen molar-refractivity contribution in [3.8, 4) is 11.5 Å². The Labute approximate surface area is 186 Å². The van der Waals surface area contributed by atoms with Crippen LogP contribution in [-0.2, 0) is 14.3 Å². The first-order chi connectivity index (χ1) is 15.4. The zero-order valence-electron chi connectivity index (χ0n) is 17.5. The number of rotatable bonds is 12. The monoisotopic (exact) mass is 436 g/mol. The summed E-state index contributed by atoms with van der Waals surface area (Å²) >= 11 is 0. The normalized spacial score (nSPS) is 10.4. The Bertz CT molecular complexity index is 986. The van der Waals surface area contributed by atoms with Crippen molar-refractivity contribution in [3.05, 3.63) is 90.5 Å². The highest BCUT2D eigenvalue weighted by Gasteiger charge is 2.07. The minimum Gasteiger partial charge on any atom is -0.493 e. The Morgan fingerprint density at radius 1 is 0.938 bits per heavy atom. The van der Waals surface area contributed by atoms with Crippen molar-refractivity contribution >= 4 is 23.8 Å². The molecule has 2 aromatic carbocycles. The molecule has 0 saturated carbocycles. The van der Waals surface area contributed by atoms with Gasteiger partial charge in [0, 0.05) is 18.1 Å². The summed E-state index contributed by atoms with van der Waals surface area (Å²) in [5.74, 6) is -0.363. The summed E-state index contributed by atoms with van der Waals surface area (Å²) in [6.45, 7) is 6.75. The molecule has 0 heterocycles. The highest BCUT2D eigenvalue weighted by molar-refractivity contribution is 6.06. The van der Waals surface area contributed by atoms with Crippen LogP contribution >= 0.6 is 0 Å². The van der Waals surface area contributed by atoms with Gasteiger partial charge in [0.15, 0.2) is 5.78 Å². The second-order valence-electron chi connectivity index (χ2n) is 6.52. The molecule has 1 N–H and O–H groups in total. The number of ether oxygens (including phenoxy) is 3. The molecule has 7 nitrogen and oxygen atoms in total. The molecule has 0 aliphatic heterocycles. The van der Waals surface area contributed by atoms with E-state index in [-0.39, 0.29) is 18.0 Å². The highest BCUT2D eigenvalue weighted by atomic mass is 16.5. The number of hydrogen-bond donors (Lipinski definition) is 1. The molecule has 0 aromatic heterocycles. The van der Waals surface area contributed by atoms with Gasteiger partial charge in [-0.15, -0.1) is 0 Å². The fourth-order valence-electron chi connectivity index (χ4n) is 2.37. The maximum atomic E-state index is 12.3. The Hall–Kier alpha value is -3.97. The Morgan fingerprint density at radius 3 is 2.22 bits per heavy atom. The number of ketones is 1. The average molecular weight is 436 g/mol. The van der Waals surface area contributed by atoms with E-state index < -0.39 is 18.5 Å². The topological polar surface area (TPSA) is 99.1 Å². The molecule has 7 heteroatoms. The van der Waals surface area contributed by atoms with E-state index in [0.717, 1.165) is 11.6 Å². The summed E-state index contributed by atoms with van der Waals surface area (Å²) in [7, 11) is 0. The first-order valence-electron chi connectivity index (χ1n) is 9.78. The third-order valence-electron chi connectivity index (χ3n) is 4.10. The number of aliphatic hydroxyl groups is 1. The molecule has 0 radical (unpaired) electrons. The summed E-state index contributed by atoms with van der Waals surface area (Å²) in [4.78, 5) is 34.8. The van der Waals surface area contributed by atoms with E-state index in [2.05, 4.69) is 13.2 Å². The fraction of sp³-hybridized carbons (Fsp3) is 0.160. The van der Waals surface area contributed by atoms with Crippen LogP contribution in [0.2, 0.25) is 0 Å². The third-order valence-corrected chi connectivity index (χ3v) is 4.10. The molecule has 0 unspecified atom stereocenters. The molecule has 32 heavy (non-hydrogen) atoms. The fourth-order valence-corrected chi connectivity index (χ4v) is 2.37. The number of benzene rings is 2. The summed E-state index contributed by atoms with van der Waals surface area (Å²) in [6.07, 6.45) is 4.67. The molecule has 0 spiro atoms. The van der Waals surface area contributed by atoms with E-state index in [0.29, 0.717) is 30.1 Å². The summed E-state index contributed by atoms with van der Waals surface area (Å²) in [5, 5.41) is 8.78.